The number of nitrogens with zero attached hydrogens (tertiary/aromatic N) is 2. The summed E-state index contributed by atoms with van der Waals surface area (Å²) < 4.78 is 5.22. The molecule has 0 aliphatic rings. The van der Waals surface area contributed by atoms with Gasteiger partial charge in [-0.25, -0.2) is 0 Å². The Balaban J connectivity index is 3.43. The van der Waals surface area contributed by atoms with E-state index in [2.05, 4.69) is 6.92 Å². The largest absolute Gasteiger partial charge is 0.372 e. The monoisotopic (exact) mass is 212 g/mol. The maximum absolute atomic E-state index is 11.4. The van der Waals surface area contributed by atoms with Crippen molar-refractivity contribution in [1.29, 1.82) is 5.26 Å². The summed E-state index contributed by atoms with van der Waals surface area (Å²) in [6.07, 6.45) is 3.67. The SMILES string of the molecule is CCCCCOCC(=O)N(C)CCC#N. The lowest BCUT2D eigenvalue weighted by atomic mass is 10.3. The summed E-state index contributed by atoms with van der Waals surface area (Å²) in [6, 6.07) is 2.00. The first kappa shape index (κ1) is 13.9. The topological polar surface area (TPSA) is 53.3 Å². The van der Waals surface area contributed by atoms with Crippen molar-refractivity contribution in [3.63, 3.8) is 0 Å². The standard InChI is InChI=1S/C11H20N2O2/c1-3-4-5-9-15-10-11(14)13(2)8-6-7-12/h3-6,8-10H2,1-2H3. The summed E-state index contributed by atoms with van der Waals surface area (Å²) in [5, 5.41) is 8.35. The molecule has 0 heterocycles. The van der Waals surface area contributed by atoms with Crippen LogP contribution in [-0.2, 0) is 9.53 Å². The lowest BCUT2D eigenvalue weighted by Gasteiger charge is -2.15. The molecule has 0 atom stereocenters. The minimum Gasteiger partial charge on any atom is -0.372 e. The Morgan fingerprint density at radius 2 is 2.20 bits per heavy atom. The summed E-state index contributed by atoms with van der Waals surface area (Å²) in [5.41, 5.74) is 0. The van der Waals surface area contributed by atoms with Crippen molar-refractivity contribution >= 4 is 5.91 Å². The zero-order chi connectivity index (χ0) is 11.5. The normalized spacial score (nSPS) is 9.67. The molecule has 0 fully saturated rings. The highest BCUT2D eigenvalue weighted by molar-refractivity contribution is 5.77. The number of carbonyl (C=O) groups is 1. The van der Waals surface area contributed by atoms with Gasteiger partial charge >= 0.3 is 0 Å². The summed E-state index contributed by atoms with van der Waals surface area (Å²) in [6.45, 7) is 3.38. The Morgan fingerprint density at radius 1 is 1.47 bits per heavy atom. The van der Waals surface area contributed by atoms with E-state index in [1.807, 2.05) is 6.07 Å². The van der Waals surface area contributed by atoms with Crippen molar-refractivity contribution in [2.45, 2.75) is 32.6 Å². The first-order valence-electron chi connectivity index (χ1n) is 5.41. The molecule has 0 spiro atoms. The molecule has 0 saturated heterocycles. The highest BCUT2D eigenvalue weighted by atomic mass is 16.5. The number of nitriles is 1. The molecule has 0 aliphatic heterocycles. The van der Waals surface area contributed by atoms with Crippen molar-refractivity contribution < 1.29 is 9.53 Å². The average Bonchev–Trinajstić information content (AvgIpc) is 2.25. The maximum atomic E-state index is 11.4. The molecule has 0 saturated carbocycles. The van der Waals surface area contributed by atoms with Gasteiger partial charge in [0.05, 0.1) is 12.5 Å². The van der Waals surface area contributed by atoms with Gasteiger partial charge in [-0.05, 0) is 6.42 Å². The molecule has 4 heteroatoms. The molecular weight excluding hydrogens is 192 g/mol. The third-order valence-corrected chi connectivity index (χ3v) is 2.10. The summed E-state index contributed by atoms with van der Waals surface area (Å²) in [4.78, 5) is 12.9. The molecule has 0 rings (SSSR count). The van der Waals surface area contributed by atoms with Crippen LogP contribution < -0.4 is 0 Å². The Kier molecular flexibility index (Phi) is 8.79. The Hall–Kier alpha value is -1.08. The molecule has 4 nitrogen and oxygen atoms in total. The number of rotatable bonds is 8. The molecule has 86 valence electrons. The van der Waals surface area contributed by atoms with Crippen molar-refractivity contribution in [1.82, 2.24) is 4.90 Å². The van der Waals surface area contributed by atoms with Crippen LogP contribution >= 0.6 is 0 Å². The van der Waals surface area contributed by atoms with E-state index in [-0.39, 0.29) is 12.5 Å². The fourth-order valence-corrected chi connectivity index (χ4v) is 1.07. The fourth-order valence-electron chi connectivity index (χ4n) is 1.07. The van der Waals surface area contributed by atoms with E-state index >= 15 is 0 Å². The molecule has 0 radical (unpaired) electrons. The lowest BCUT2D eigenvalue weighted by molar-refractivity contribution is -0.134. The zero-order valence-electron chi connectivity index (χ0n) is 9.66. The predicted octanol–water partition coefficient (Wildman–Crippen LogP) is 1.57. The lowest BCUT2D eigenvalue weighted by Crippen LogP contribution is -2.31. The van der Waals surface area contributed by atoms with Crippen LogP contribution in [0.3, 0.4) is 0 Å². The highest BCUT2D eigenvalue weighted by Gasteiger charge is 2.07. The van der Waals surface area contributed by atoms with E-state index in [1.54, 1.807) is 7.05 Å². The van der Waals surface area contributed by atoms with Gasteiger partial charge in [0.2, 0.25) is 5.91 Å². The van der Waals surface area contributed by atoms with Crippen LogP contribution in [0.5, 0.6) is 0 Å². The van der Waals surface area contributed by atoms with Gasteiger partial charge < -0.3 is 9.64 Å². The molecule has 0 unspecified atom stereocenters. The van der Waals surface area contributed by atoms with Crippen LogP contribution in [0.25, 0.3) is 0 Å². The van der Waals surface area contributed by atoms with Crippen LogP contribution in [0.4, 0.5) is 0 Å². The van der Waals surface area contributed by atoms with E-state index in [0.29, 0.717) is 19.6 Å². The van der Waals surface area contributed by atoms with Gasteiger partial charge in [0.15, 0.2) is 0 Å². The molecule has 0 aromatic rings. The summed E-state index contributed by atoms with van der Waals surface area (Å²) in [5.74, 6) is -0.0539. The smallest absolute Gasteiger partial charge is 0.248 e. The molecule has 0 bridgehead atoms. The van der Waals surface area contributed by atoms with Crippen LogP contribution in [0, 0.1) is 11.3 Å². The molecule has 0 aliphatic carbocycles. The Bertz CT molecular complexity index is 211. The van der Waals surface area contributed by atoms with Crippen molar-refractivity contribution in [2.75, 3.05) is 26.8 Å². The van der Waals surface area contributed by atoms with E-state index in [1.165, 1.54) is 4.90 Å². The van der Waals surface area contributed by atoms with Gasteiger partial charge in [0.25, 0.3) is 0 Å². The number of carbonyl (C=O) groups excluding carboxylic acids is 1. The number of amides is 1. The number of unbranched alkanes of at least 4 members (excludes halogenated alkanes) is 2. The molecule has 0 aromatic heterocycles. The molecule has 0 N–H and O–H groups in total. The van der Waals surface area contributed by atoms with Gasteiger partial charge in [-0.2, -0.15) is 5.26 Å². The highest BCUT2D eigenvalue weighted by Crippen LogP contribution is 1.95. The number of hydrogen-bond acceptors (Lipinski definition) is 3. The average molecular weight is 212 g/mol. The fraction of sp³-hybridized carbons (Fsp3) is 0.818. The molecule has 0 aromatic carbocycles. The molecule has 1 amide bonds. The van der Waals surface area contributed by atoms with E-state index in [0.717, 1.165) is 19.3 Å². The third kappa shape index (κ3) is 7.95. The summed E-state index contributed by atoms with van der Waals surface area (Å²) in [7, 11) is 1.69. The number of ether oxygens (including phenoxy) is 1. The van der Waals surface area contributed by atoms with Crippen LogP contribution in [0.1, 0.15) is 32.6 Å². The van der Waals surface area contributed by atoms with E-state index in [4.69, 9.17) is 10.00 Å². The van der Waals surface area contributed by atoms with Crippen molar-refractivity contribution in [3.8, 4) is 6.07 Å². The zero-order valence-corrected chi connectivity index (χ0v) is 9.66. The third-order valence-electron chi connectivity index (χ3n) is 2.10. The molecular formula is C11H20N2O2. The maximum Gasteiger partial charge on any atom is 0.248 e. The first-order valence-corrected chi connectivity index (χ1v) is 5.41. The Morgan fingerprint density at radius 3 is 2.80 bits per heavy atom. The van der Waals surface area contributed by atoms with E-state index < -0.39 is 0 Å². The molecule has 15 heavy (non-hydrogen) atoms. The van der Waals surface area contributed by atoms with Gasteiger partial charge in [0, 0.05) is 20.2 Å². The van der Waals surface area contributed by atoms with Gasteiger partial charge in [-0.15, -0.1) is 0 Å². The number of likely N-dealkylation sites (N-methyl/N-ethyl adjacent to an activating group) is 1. The van der Waals surface area contributed by atoms with E-state index in [9.17, 15) is 4.79 Å². The second-order valence-corrected chi connectivity index (χ2v) is 3.48. The van der Waals surface area contributed by atoms with Crippen LogP contribution in [-0.4, -0.2) is 37.6 Å². The van der Waals surface area contributed by atoms with Crippen molar-refractivity contribution in [2.24, 2.45) is 0 Å². The summed E-state index contributed by atoms with van der Waals surface area (Å²) >= 11 is 0. The number of hydrogen-bond donors (Lipinski definition) is 0. The van der Waals surface area contributed by atoms with Crippen molar-refractivity contribution in [3.05, 3.63) is 0 Å². The van der Waals surface area contributed by atoms with Gasteiger partial charge in [-0.1, -0.05) is 19.8 Å². The minimum absolute atomic E-state index is 0.0539. The minimum atomic E-state index is -0.0539. The predicted molar refractivity (Wildman–Crippen MR) is 58.2 cm³/mol. The first-order chi connectivity index (χ1) is 7.22. The second-order valence-electron chi connectivity index (χ2n) is 3.48. The Labute approximate surface area is 91.8 Å². The van der Waals surface area contributed by atoms with Gasteiger partial charge in [-0.3, -0.25) is 4.79 Å². The van der Waals surface area contributed by atoms with Crippen LogP contribution in [0.15, 0.2) is 0 Å². The van der Waals surface area contributed by atoms with Gasteiger partial charge in [0.1, 0.15) is 6.61 Å². The quantitative estimate of drug-likeness (QED) is 0.574. The second kappa shape index (κ2) is 9.47. The van der Waals surface area contributed by atoms with Crippen LogP contribution in [0.2, 0.25) is 0 Å².